The van der Waals surface area contributed by atoms with Crippen LogP contribution in [0.25, 0.3) is 22.8 Å². The van der Waals surface area contributed by atoms with E-state index >= 15 is 0 Å². The smallest absolute Gasteiger partial charge is 0.416 e. The molecule has 0 aliphatic carbocycles. The SMILES string of the molecule is Cc1ccc(-c2nnc(Cc3nc(-c4cccc(C(F)(F)F)c4)no3)o2)cc1. The molecule has 0 radical (unpaired) electrons. The summed E-state index contributed by atoms with van der Waals surface area (Å²) in [6.45, 7) is 1.97. The quantitative estimate of drug-likeness (QED) is 0.506. The molecule has 2 aromatic carbocycles. The predicted octanol–water partition coefficient (Wildman–Crippen LogP) is 4.70. The highest BCUT2D eigenvalue weighted by Gasteiger charge is 2.30. The van der Waals surface area contributed by atoms with Gasteiger partial charge in [0.05, 0.1) is 5.56 Å². The molecule has 4 aromatic rings. The summed E-state index contributed by atoms with van der Waals surface area (Å²) in [6, 6.07) is 12.3. The molecule has 142 valence electrons. The van der Waals surface area contributed by atoms with Crippen molar-refractivity contribution in [2.45, 2.75) is 19.5 Å². The van der Waals surface area contributed by atoms with Gasteiger partial charge in [0, 0.05) is 11.1 Å². The van der Waals surface area contributed by atoms with Crippen molar-refractivity contribution < 1.29 is 22.1 Å². The van der Waals surface area contributed by atoms with Crippen LogP contribution in [0.1, 0.15) is 22.9 Å². The van der Waals surface area contributed by atoms with E-state index in [1.165, 1.54) is 12.1 Å². The van der Waals surface area contributed by atoms with E-state index in [-0.39, 0.29) is 29.6 Å². The highest BCUT2D eigenvalue weighted by atomic mass is 19.4. The Morgan fingerprint density at radius 1 is 0.929 bits per heavy atom. The van der Waals surface area contributed by atoms with Crippen LogP contribution in [0.2, 0.25) is 0 Å². The zero-order chi connectivity index (χ0) is 19.7. The van der Waals surface area contributed by atoms with E-state index in [1.807, 2.05) is 31.2 Å². The molecule has 0 saturated heterocycles. The molecule has 0 N–H and O–H groups in total. The number of hydrogen-bond acceptors (Lipinski definition) is 6. The Hall–Kier alpha value is -3.49. The summed E-state index contributed by atoms with van der Waals surface area (Å²) >= 11 is 0. The van der Waals surface area contributed by atoms with Gasteiger partial charge in [0.15, 0.2) is 0 Å². The van der Waals surface area contributed by atoms with Crippen molar-refractivity contribution in [3.8, 4) is 22.8 Å². The molecular weight excluding hydrogens is 373 g/mol. The minimum Gasteiger partial charge on any atom is -0.420 e. The Kier molecular flexibility index (Phi) is 4.42. The third kappa shape index (κ3) is 3.78. The molecule has 9 heteroatoms. The molecule has 0 aliphatic rings. The van der Waals surface area contributed by atoms with E-state index < -0.39 is 11.7 Å². The van der Waals surface area contributed by atoms with Crippen molar-refractivity contribution in [3.05, 3.63) is 71.4 Å². The summed E-state index contributed by atoms with van der Waals surface area (Å²) in [6.07, 6.45) is -4.37. The van der Waals surface area contributed by atoms with Crippen LogP contribution in [0.5, 0.6) is 0 Å². The van der Waals surface area contributed by atoms with Crippen molar-refractivity contribution in [2.75, 3.05) is 0 Å². The van der Waals surface area contributed by atoms with Crippen LogP contribution in [0.3, 0.4) is 0 Å². The lowest BCUT2D eigenvalue weighted by Crippen LogP contribution is -2.04. The van der Waals surface area contributed by atoms with Gasteiger partial charge in [0.25, 0.3) is 0 Å². The van der Waals surface area contributed by atoms with Crippen molar-refractivity contribution in [3.63, 3.8) is 0 Å². The largest absolute Gasteiger partial charge is 0.420 e. The Morgan fingerprint density at radius 3 is 2.46 bits per heavy atom. The maximum absolute atomic E-state index is 12.8. The molecule has 0 bridgehead atoms. The Labute approximate surface area is 157 Å². The minimum absolute atomic E-state index is 0.0550. The van der Waals surface area contributed by atoms with Crippen molar-refractivity contribution in [1.82, 2.24) is 20.3 Å². The van der Waals surface area contributed by atoms with E-state index in [0.29, 0.717) is 5.89 Å². The minimum atomic E-state index is -4.45. The fourth-order valence-electron chi connectivity index (χ4n) is 2.55. The first-order valence-electron chi connectivity index (χ1n) is 8.28. The first kappa shape index (κ1) is 17.9. The number of benzene rings is 2. The molecular formula is C19H13F3N4O2. The summed E-state index contributed by atoms with van der Waals surface area (Å²) in [4.78, 5) is 4.12. The van der Waals surface area contributed by atoms with E-state index in [4.69, 9.17) is 8.94 Å². The second-order valence-corrected chi connectivity index (χ2v) is 6.13. The first-order chi connectivity index (χ1) is 13.4. The lowest BCUT2D eigenvalue weighted by molar-refractivity contribution is -0.137. The van der Waals surface area contributed by atoms with Crippen LogP contribution in [-0.4, -0.2) is 20.3 Å². The zero-order valence-corrected chi connectivity index (χ0v) is 14.6. The Bertz CT molecular complexity index is 1100. The van der Waals surface area contributed by atoms with Gasteiger partial charge in [-0.1, -0.05) is 35.0 Å². The molecule has 2 aromatic heterocycles. The van der Waals surface area contributed by atoms with Crippen LogP contribution in [0, 0.1) is 6.92 Å². The lowest BCUT2D eigenvalue weighted by Gasteiger charge is -2.06. The van der Waals surface area contributed by atoms with Crippen molar-refractivity contribution >= 4 is 0 Å². The predicted molar refractivity (Wildman–Crippen MR) is 92.0 cm³/mol. The maximum atomic E-state index is 12.8. The van der Waals surface area contributed by atoms with Crippen LogP contribution < -0.4 is 0 Å². The molecule has 0 saturated carbocycles. The number of nitrogens with zero attached hydrogens (tertiary/aromatic N) is 4. The average molecular weight is 386 g/mol. The first-order valence-corrected chi connectivity index (χ1v) is 8.28. The molecule has 0 fully saturated rings. The number of halogens is 3. The van der Waals surface area contributed by atoms with Gasteiger partial charge in [-0.25, -0.2) is 0 Å². The molecule has 0 aliphatic heterocycles. The van der Waals surface area contributed by atoms with Crippen molar-refractivity contribution in [2.24, 2.45) is 0 Å². The monoisotopic (exact) mass is 386 g/mol. The lowest BCUT2D eigenvalue weighted by atomic mass is 10.1. The number of aromatic nitrogens is 4. The van der Waals surface area contributed by atoms with Crippen LogP contribution in [-0.2, 0) is 12.6 Å². The van der Waals surface area contributed by atoms with Crippen LogP contribution >= 0.6 is 0 Å². The summed E-state index contributed by atoms with van der Waals surface area (Å²) in [5.41, 5.74) is 1.31. The van der Waals surface area contributed by atoms with Gasteiger partial charge < -0.3 is 8.94 Å². The summed E-state index contributed by atoms with van der Waals surface area (Å²) < 4.78 is 49.2. The van der Waals surface area contributed by atoms with Crippen molar-refractivity contribution in [1.29, 1.82) is 0 Å². The maximum Gasteiger partial charge on any atom is 0.416 e. The van der Waals surface area contributed by atoms with Gasteiger partial charge in [-0.05, 0) is 31.2 Å². The molecule has 4 rings (SSSR count). The van der Waals surface area contributed by atoms with Gasteiger partial charge >= 0.3 is 6.18 Å². The number of rotatable bonds is 4. The third-order valence-electron chi connectivity index (χ3n) is 3.98. The van der Waals surface area contributed by atoms with E-state index in [0.717, 1.165) is 23.3 Å². The third-order valence-corrected chi connectivity index (χ3v) is 3.98. The summed E-state index contributed by atoms with van der Waals surface area (Å²) in [5, 5.41) is 11.7. The number of hydrogen-bond donors (Lipinski definition) is 0. The second-order valence-electron chi connectivity index (χ2n) is 6.13. The topological polar surface area (TPSA) is 77.8 Å². The summed E-state index contributed by atoms with van der Waals surface area (Å²) in [5.74, 6) is 0.827. The second kappa shape index (κ2) is 6.91. The molecule has 0 amide bonds. The summed E-state index contributed by atoms with van der Waals surface area (Å²) in [7, 11) is 0. The van der Waals surface area contributed by atoms with Gasteiger partial charge in [-0.15, -0.1) is 10.2 Å². The molecule has 28 heavy (non-hydrogen) atoms. The standard InChI is InChI=1S/C19H13F3N4O2/c1-11-5-7-12(8-6-11)18-25-24-16(27-18)10-15-23-17(26-28-15)13-3-2-4-14(9-13)19(20,21)22/h2-9H,10H2,1H3. The normalized spacial score (nSPS) is 11.7. The molecule has 2 heterocycles. The number of aryl methyl sites for hydroxylation is 1. The van der Waals surface area contributed by atoms with E-state index in [2.05, 4.69) is 20.3 Å². The van der Waals surface area contributed by atoms with Gasteiger partial charge in [0.1, 0.15) is 6.42 Å². The van der Waals surface area contributed by atoms with E-state index in [9.17, 15) is 13.2 Å². The molecule has 6 nitrogen and oxygen atoms in total. The van der Waals surface area contributed by atoms with E-state index in [1.54, 1.807) is 0 Å². The zero-order valence-electron chi connectivity index (χ0n) is 14.6. The average Bonchev–Trinajstić information content (AvgIpc) is 3.32. The molecule has 0 atom stereocenters. The number of alkyl halides is 3. The Morgan fingerprint density at radius 2 is 1.71 bits per heavy atom. The van der Waals surface area contributed by atoms with Crippen LogP contribution in [0.15, 0.2) is 57.5 Å². The highest BCUT2D eigenvalue weighted by Crippen LogP contribution is 2.31. The van der Waals surface area contributed by atoms with Gasteiger partial charge in [0.2, 0.25) is 23.5 Å². The van der Waals surface area contributed by atoms with Gasteiger partial charge in [-0.3, -0.25) is 0 Å². The Balaban J connectivity index is 1.52. The fraction of sp³-hybridized carbons (Fsp3) is 0.158. The molecule has 0 spiro atoms. The fourth-order valence-corrected chi connectivity index (χ4v) is 2.55. The van der Waals surface area contributed by atoms with Gasteiger partial charge in [-0.2, -0.15) is 18.2 Å². The molecule has 0 unspecified atom stereocenters. The highest BCUT2D eigenvalue weighted by molar-refractivity contribution is 5.56. The van der Waals surface area contributed by atoms with Crippen LogP contribution in [0.4, 0.5) is 13.2 Å².